The van der Waals surface area contributed by atoms with E-state index >= 15 is 0 Å². The molecule has 1 aromatic carbocycles. The summed E-state index contributed by atoms with van der Waals surface area (Å²) in [4.78, 5) is 11.0. The van der Waals surface area contributed by atoms with E-state index < -0.39 is 5.97 Å². The molecule has 1 aromatic heterocycles. The van der Waals surface area contributed by atoms with Crippen LogP contribution in [0.2, 0.25) is 0 Å². The van der Waals surface area contributed by atoms with Gasteiger partial charge in [0.2, 0.25) is 0 Å². The monoisotopic (exact) mass is 338 g/mol. The van der Waals surface area contributed by atoms with Gasteiger partial charge in [0.25, 0.3) is 0 Å². The maximum Gasteiger partial charge on any atom is 0.356 e. The summed E-state index contributed by atoms with van der Waals surface area (Å²) in [7, 11) is 3.32. The van der Waals surface area contributed by atoms with Gasteiger partial charge in [-0.2, -0.15) is 5.10 Å². The van der Waals surface area contributed by atoms with Crippen LogP contribution in [-0.4, -0.2) is 28.0 Å². The van der Waals surface area contributed by atoms with Crippen molar-refractivity contribution in [3.63, 3.8) is 0 Å². The number of nitrogens with zero attached hydrogens (tertiary/aromatic N) is 2. The van der Waals surface area contributed by atoms with E-state index in [1.807, 2.05) is 19.9 Å². The number of hydrogen-bond acceptors (Lipinski definition) is 3. The molecule has 0 saturated carbocycles. The Labute approximate surface area is 125 Å². The second-order valence-corrected chi connectivity index (χ2v) is 5.35. The first-order valence-electron chi connectivity index (χ1n) is 5.98. The number of aromatic carboxylic acids is 1. The number of halogens is 1. The lowest BCUT2D eigenvalue weighted by Gasteiger charge is -2.15. The maximum atomic E-state index is 11.0. The van der Waals surface area contributed by atoms with Crippen LogP contribution < -0.4 is 4.74 Å². The van der Waals surface area contributed by atoms with Crippen molar-refractivity contribution in [1.82, 2.24) is 9.78 Å². The number of carboxylic acids is 1. The summed E-state index contributed by atoms with van der Waals surface area (Å²) < 4.78 is 8.01. The molecule has 1 heterocycles. The molecule has 0 aliphatic rings. The summed E-state index contributed by atoms with van der Waals surface area (Å²) >= 11 is 3.53. The van der Waals surface area contributed by atoms with Crippen LogP contribution in [0.25, 0.3) is 11.3 Å². The Morgan fingerprint density at radius 3 is 2.55 bits per heavy atom. The summed E-state index contributed by atoms with van der Waals surface area (Å²) in [6, 6.07) is 3.51. The zero-order valence-electron chi connectivity index (χ0n) is 11.7. The summed E-state index contributed by atoms with van der Waals surface area (Å²) in [5.74, 6) is -0.334. The van der Waals surface area contributed by atoms with Gasteiger partial charge in [-0.25, -0.2) is 4.79 Å². The van der Waals surface area contributed by atoms with Crippen molar-refractivity contribution in [3.8, 4) is 17.0 Å². The van der Waals surface area contributed by atoms with Crippen molar-refractivity contribution in [2.24, 2.45) is 7.05 Å². The Balaban J connectivity index is 2.72. The third-order valence-corrected chi connectivity index (χ3v) is 4.42. The van der Waals surface area contributed by atoms with E-state index in [9.17, 15) is 4.79 Å². The highest BCUT2D eigenvalue weighted by Gasteiger charge is 2.19. The fourth-order valence-electron chi connectivity index (χ4n) is 2.22. The van der Waals surface area contributed by atoms with Crippen LogP contribution in [0, 0.1) is 13.8 Å². The van der Waals surface area contributed by atoms with E-state index in [1.165, 1.54) is 0 Å². The van der Waals surface area contributed by atoms with Crippen molar-refractivity contribution >= 4 is 21.9 Å². The molecule has 0 radical (unpaired) electrons. The predicted octanol–water partition coefficient (Wildman–Crippen LogP) is 3.17. The van der Waals surface area contributed by atoms with E-state index in [1.54, 1.807) is 24.9 Å². The lowest BCUT2D eigenvalue weighted by molar-refractivity contribution is 0.0689. The van der Waals surface area contributed by atoms with Crippen LogP contribution in [0.15, 0.2) is 16.6 Å². The zero-order chi connectivity index (χ0) is 15.0. The third-order valence-electron chi connectivity index (χ3n) is 3.20. The van der Waals surface area contributed by atoms with Crippen LogP contribution in [0.4, 0.5) is 0 Å². The number of ether oxygens (including phenoxy) is 1. The molecule has 0 aliphatic heterocycles. The predicted molar refractivity (Wildman–Crippen MR) is 79.3 cm³/mol. The van der Waals surface area contributed by atoms with Crippen LogP contribution in [-0.2, 0) is 7.05 Å². The van der Waals surface area contributed by atoms with E-state index in [0.717, 1.165) is 21.2 Å². The minimum absolute atomic E-state index is 0.0165. The van der Waals surface area contributed by atoms with Gasteiger partial charge in [0, 0.05) is 22.6 Å². The van der Waals surface area contributed by atoms with E-state index in [0.29, 0.717) is 11.4 Å². The highest BCUT2D eigenvalue weighted by atomic mass is 79.9. The topological polar surface area (TPSA) is 64.3 Å². The number of methoxy groups -OCH3 is 1. The number of aromatic nitrogens is 2. The smallest absolute Gasteiger partial charge is 0.356 e. The largest absolute Gasteiger partial charge is 0.496 e. The molecule has 0 fully saturated rings. The number of carboxylic acid groups (broad SMARTS) is 1. The number of carbonyl (C=O) groups is 1. The Bertz CT molecular complexity index is 692. The first kappa shape index (κ1) is 14.6. The number of hydrogen-bond donors (Lipinski definition) is 1. The Morgan fingerprint density at radius 1 is 1.40 bits per heavy atom. The molecule has 0 unspecified atom stereocenters. The second kappa shape index (κ2) is 5.28. The van der Waals surface area contributed by atoms with Gasteiger partial charge >= 0.3 is 5.97 Å². The molecule has 0 aliphatic carbocycles. The van der Waals surface area contributed by atoms with E-state index in [4.69, 9.17) is 9.84 Å². The molecule has 0 amide bonds. The van der Waals surface area contributed by atoms with Crippen LogP contribution in [0.1, 0.15) is 21.6 Å². The van der Waals surface area contributed by atoms with Crippen molar-refractivity contribution < 1.29 is 14.6 Å². The minimum atomic E-state index is -1.05. The van der Waals surface area contributed by atoms with Gasteiger partial charge in [0.05, 0.1) is 12.8 Å². The van der Waals surface area contributed by atoms with Gasteiger partial charge in [-0.1, -0.05) is 15.9 Å². The van der Waals surface area contributed by atoms with Crippen molar-refractivity contribution in [2.45, 2.75) is 13.8 Å². The Morgan fingerprint density at radius 2 is 2.05 bits per heavy atom. The molecule has 20 heavy (non-hydrogen) atoms. The quantitative estimate of drug-likeness (QED) is 0.933. The first-order chi connectivity index (χ1) is 9.36. The van der Waals surface area contributed by atoms with Gasteiger partial charge in [-0.3, -0.25) is 4.68 Å². The lowest BCUT2D eigenvalue weighted by Crippen LogP contribution is -2.00. The van der Waals surface area contributed by atoms with Gasteiger partial charge in [0.1, 0.15) is 5.75 Å². The summed E-state index contributed by atoms with van der Waals surface area (Å²) in [6.45, 7) is 3.93. The highest BCUT2D eigenvalue weighted by Crippen LogP contribution is 2.38. The zero-order valence-corrected chi connectivity index (χ0v) is 13.3. The normalized spacial score (nSPS) is 10.7. The molecule has 2 rings (SSSR count). The summed E-state index contributed by atoms with van der Waals surface area (Å²) in [6.07, 6.45) is 0. The molecule has 0 saturated heterocycles. The molecule has 5 nitrogen and oxygen atoms in total. The molecular weight excluding hydrogens is 324 g/mol. The number of aryl methyl sites for hydroxylation is 2. The lowest BCUT2D eigenvalue weighted by atomic mass is 10.0. The summed E-state index contributed by atoms with van der Waals surface area (Å²) in [5, 5.41) is 13.0. The van der Waals surface area contributed by atoms with Crippen LogP contribution >= 0.6 is 15.9 Å². The average Bonchev–Trinajstić information content (AvgIpc) is 2.78. The molecule has 106 valence electrons. The molecule has 1 N–H and O–H groups in total. The standard InChI is InChI=1S/C14H15BrN2O3/c1-7-5-9(13(20-4)8(2)12(7)15)11-6-10(14(18)19)16-17(11)3/h5-6H,1-4H3,(H,18,19). The van der Waals surface area contributed by atoms with Gasteiger partial charge < -0.3 is 9.84 Å². The average molecular weight is 339 g/mol. The third kappa shape index (κ3) is 2.31. The fraction of sp³-hybridized carbons (Fsp3) is 0.286. The van der Waals surface area contributed by atoms with Crippen LogP contribution in [0.3, 0.4) is 0 Å². The fourth-order valence-corrected chi connectivity index (χ4v) is 2.51. The van der Waals surface area contributed by atoms with Gasteiger partial charge in [-0.15, -0.1) is 0 Å². The van der Waals surface area contributed by atoms with Crippen LogP contribution in [0.5, 0.6) is 5.75 Å². The van der Waals surface area contributed by atoms with Crippen molar-refractivity contribution in [2.75, 3.05) is 7.11 Å². The number of rotatable bonds is 3. The molecule has 2 aromatic rings. The first-order valence-corrected chi connectivity index (χ1v) is 6.77. The van der Waals surface area contributed by atoms with Gasteiger partial charge in [0.15, 0.2) is 5.69 Å². The van der Waals surface area contributed by atoms with Crippen molar-refractivity contribution in [1.29, 1.82) is 0 Å². The Kier molecular flexibility index (Phi) is 3.85. The SMILES string of the molecule is COc1c(-c2cc(C(=O)O)nn2C)cc(C)c(Br)c1C. The molecule has 6 heteroatoms. The molecule has 0 spiro atoms. The molecule has 0 atom stereocenters. The Hall–Kier alpha value is -1.82. The van der Waals surface area contributed by atoms with Crippen molar-refractivity contribution in [3.05, 3.63) is 33.4 Å². The number of benzene rings is 1. The second-order valence-electron chi connectivity index (χ2n) is 4.56. The highest BCUT2D eigenvalue weighted by molar-refractivity contribution is 9.10. The molecule has 0 bridgehead atoms. The van der Waals surface area contributed by atoms with E-state index in [2.05, 4.69) is 21.0 Å². The molecular formula is C14H15BrN2O3. The summed E-state index contributed by atoms with van der Waals surface area (Å²) in [5.41, 5.74) is 3.57. The van der Waals surface area contributed by atoms with E-state index in [-0.39, 0.29) is 5.69 Å². The minimum Gasteiger partial charge on any atom is -0.496 e. The maximum absolute atomic E-state index is 11.0. The van der Waals surface area contributed by atoms with Gasteiger partial charge in [-0.05, 0) is 31.5 Å².